The molecule has 4 nitrogen and oxygen atoms in total. The number of hydrogen-bond donors (Lipinski definition) is 0. The number of hydrogen-bond acceptors (Lipinski definition) is 4. The van der Waals surface area contributed by atoms with Crippen LogP contribution >= 0.6 is 0 Å². The van der Waals surface area contributed by atoms with Crippen LogP contribution in [0, 0.1) is 0 Å². The fourth-order valence-corrected chi connectivity index (χ4v) is 1.31. The first-order chi connectivity index (χ1) is 7.31. The maximum Gasteiger partial charge on any atom is 0.120 e. The van der Waals surface area contributed by atoms with E-state index in [0.29, 0.717) is 13.5 Å². The first-order valence-corrected chi connectivity index (χ1v) is 4.68. The lowest BCUT2D eigenvalue weighted by molar-refractivity contribution is 0.140. The van der Waals surface area contributed by atoms with Gasteiger partial charge in [-0.15, -0.1) is 0 Å². The quantitative estimate of drug-likeness (QED) is 0.670. The minimum atomic E-state index is 0.487. The highest BCUT2D eigenvalue weighted by atomic mass is 16.5. The number of rotatable bonds is 6. The minimum Gasteiger partial charge on any atom is -0.497 e. The first kappa shape index (κ1) is 11.8. The van der Waals surface area contributed by atoms with Gasteiger partial charge in [0.25, 0.3) is 0 Å². The Balaban J connectivity index is 2.79. The van der Waals surface area contributed by atoms with Crippen molar-refractivity contribution in [2.45, 2.75) is 0 Å². The molecule has 0 N–H and O–H groups in total. The van der Waals surface area contributed by atoms with Gasteiger partial charge in [-0.25, -0.2) is 0 Å². The smallest absolute Gasteiger partial charge is 0.120 e. The Bertz CT molecular complexity index is 285. The summed E-state index contributed by atoms with van der Waals surface area (Å²) < 4.78 is 15.3. The lowest BCUT2D eigenvalue weighted by Gasteiger charge is -2.22. The molecule has 0 spiro atoms. The van der Waals surface area contributed by atoms with Crippen LogP contribution in [0.1, 0.15) is 0 Å². The van der Waals surface area contributed by atoms with E-state index in [0.717, 1.165) is 11.4 Å². The Morgan fingerprint density at radius 2 is 1.73 bits per heavy atom. The summed E-state index contributed by atoms with van der Waals surface area (Å²) in [5.41, 5.74) is 1.01. The second-order valence-corrected chi connectivity index (χ2v) is 3.08. The van der Waals surface area contributed by atoms with Crippen molar-refractivity contribution in [1.29, 1.82) is 0 Å². The highest BCUT2D eigenvalue weighted by Crippen LogP contribution is 2.20. The van der Waals surface area contributed by atoms with E-state index in [1.165, 1.54) is 0 Å². The largest absolute Gasteiger partial charge is 0.497 e. The monoisotopic (exact) mass is 211 g/mol. The van der Waals surface area contributed by atoms with E-state index in [2.05, 4.69) is 0 Å². The molecule has 0 aliphatic carbocycles. The molecular weight excluding hydrogens is 194 g/mol. The Morgan fingerprint density at radius 1 is 1.07 bits per heavy atom. The van der Waals surface area contributed by atoms with Crippen molar-refractivity contribution >= 4 is 5.69 Å². The average molecular weight is 211 g/mol. The zero-order valence-corrected chi connectivity index (χ0v) is 9.40. The van der Waals surface area contributed by atoms with Crippen molar-refractivity contribution in [2.24, 2.45) is 0 Å². The molecule has 0 aliphatic heterocycles. The molecule has 0 aromatic heterocycles. The third kappa shape index (κ3) is 3.42. The Hall–Kier alpha value is -1.26. The van der Waals surface area contributed by atoms with Gasteiger partial charge in [-0.1, -0.05) is 6.07 Å². The molecule has 0 saturated heterocycles. The van der Waals surface area contributed by atoms with E-state index in [9.17, 15) is 0 Å². The predicted octanol–water partition coefficient (Wildman–Crippen LogP) is 1.71. The molecule has 15 heavy (non-hydrogen) atoms. The van der Waals surface area contributed by atoms with Crippen LogP contribution in [0.5, 0.6) is 5.75 Å². The van der Waals surface area contributed by atoms with Crippen LogP contribution in [0.25, 0.3) is 0 Å². The maximum absolute atomic E-state index is 5.15. The predicted molar refractivity (Wildman–Crippen MR) is 59.2 cm³/mol. The summed E-state index contributed by atoms with van der Waals surface area (Å²) in [7, 11) is 4.96. The molecule has 4 heteroatoms. The fraction of sp³-hybridized carbons (Fsp3) is 0.455. The van der Waals surface area contributed by atoms with Gasteiger partial charge in [0.1, 0.15) is 19.2 Å². The zero-order valence-electron chi connectivity index (χ0n) is 9.40. The van der Waals surface area contributed by atoms with Gasteiger partial charge in [-0.2, -0.15) is 0 Å². The lowest BCUT2D eigenvalue weighted by Crippen LogP contribution is -2.27. The zero-order chi connectivity index (χ0) is 11.1. The molecule has 1 rings (SSSR count). The van der Waals surface area contributed by atoms with E-state index in [1.54, 1.807) is 21.3 Å². The van der Waals surface area contributed by atoms with Crippen molar-refractivity contribution in [3.05, 3.63) is 24.3 Å². The molecule has 1 aromatic carbocycles. The molecule has 0 radical (unpaired) electrons. The number of benzene rings is 1. The van der Waals surface area contributed by atoms with E-state index in [-0.39, 0.29) is 0 Å². The highest BCUT2D eigenvalue weighted by Gasteiger charge is 2.05. The first-order valence-electron chi connectivity index (χ1n) is 4.68. The van der Waals surface area contributed by atoms with E-state index in [4.69, 9.17) is 14.2 Å². The van der Waals surface area contributed by atoms with Gasteiger partial charge in [-0.05, 0) is 12.1 Å². The van der Waals surface area contributed by atoms with Gasteiger partial charge < -0.3 is 19.1 Å². The summed E-state index contributed by atoms with van der Waals surface area (Å²) in [6.45, 7) is 0.974. The fourth-order valence-electron chi connectivity index (χ4n) is 1.31. The van der Waals surface area contributed by atoms with Crippen molar-refractivity contribution in [1.82, 2.24) is 0 Å². The summed E-state index contributed by atoms with van der Waals surface area (Å²) in [6, 6.07) is 7.77. The van der Waals surface area contributed by atoms with Crippen LogP contribution in [0.4, 0.5) is 5.69 Å². The molecule has 0 atom stereocenters. The van der Waals surface area contributed by atoms with Crippen LogP contribution in [-0.2, 0) is 9.47 Å². The minimum absolute atomic E-state index is 0.487. The molecule has 0 amide bonds. The summed E-state index contributed by atoms with van der Waals surface area (Å²) >= 11 is 0. The Labute approximate surface area is 90.4 Å². The van der Waals surface area contributed by atoms with Crippen molar-refractivity contribution in [2.75, 3.05) is 39.7 Å². The lowest BCUT2D eigenvalue weighted by atomic mass is 10.3. The van der Waals surface area contributed by atoms with E-state index < -0.39 is 0 Å². The second-order valence-electron chi connectivity index (χ2n) is 3.08. The molecule has 0 heterocycles. The van der Waals surface area contributed by atoms with Gasteiger partial charge in [0.15, 0.2) is 0 Å². The van der Waals surface area contributed by atoms with Gasteiger partial charge in [0, 0.05) is 26.0 Å². The Morgan fingerprint density at radius 3 is 2.27 bits per heavy atom. The normalized spacial score (nSPS) is 10.1. The topological polar surface area (TPSA) is 30.9 Å². The molecule has 0 fully saturated rings. The Kier molecular flexibility index (Phi) is 4.93. The van der Waals surface area contributed by atoms with Gasteiger partial charge in [0.2, 0.25) is 0 Å². The molecule has 0 bridgehead atoms. The third-order valence-corrected chi connectivity index (χ3v) is 1.99. The maximum atomic E-state index is 5.15. The number of nitrogens with zero attached hydrogens (tertiary/aromatic N) is 1. The highest BCUT2D eigenvalue weighted by molar-refractivity contribution is 5.50. The number of ether oxygens (including phenoxy) is 3. The van der Waals surface area contributed by atoms with Crippen LogP contribution in [0.2, 0.25) is 0 Å². The average Bonchev–Trinajstić information content (AvgIpc) is 2.29. The molecule has 0 unspecified atom stereocenters. The third-order valence-electron chi connectivity index (χ3n) is 1.99. The summed E-state index contributed by atoms with van der Waals surface area (Å²) in [5.74, 6) is 0.824. The van der Waals surface area contributed by atoms with Crippen LogP contribution in [-0.4, -0.2) is 34.8 Å². The van der Waals surface area contributed by atoms with E-state index >= 15 is 0 Å². The van der Waals surface area contributed by atoms with Crippen molar-refractivity contribution in [3.63, 3.8) is 0 Å². The number of anilines is 1. The molecule has 0 aliphatic rings. The molecule has 0 saturated carbocycles. The van der Waals surface area contributed by atoms with Crippen molar-refractivity contribution in [3.8, 4) is 5.75 Å². The summed E-state index contributed by atoms with van der Waals surface area (Å²) in [5, 5.41) is 0. The van der Waals surface area contributed by atoms with Crippen LogP contribution in [0.3, 0.4) is 0 Å². The molecule has 1 aromatic rings. The van der Waals surface area contributed by atoms with Gasteiger partial charge in [-0.3, -0.25) is 0 Å². The van der Waals surface area contributed by atoms with Crippen LogP contribution < -0.4 is 9.64 Å². The molecular formula is C11H17NO3. The van der Waals surface area contributed by atoms with Gasteiger partial charge >= 0.3 is 0 Å². The van der Waals surface area contributed by atoms with Crippen molar-refractivity contribution < 1.29 is 14.2 Å². The summed E-state index contributed by atoms with van der Waals surface area (Å²) in [6.07, 6.45) is 0. The molecule has 84 valence electrons. The summed E-state index contributed by atoms with van der Waals surface area (Å²) in [4.78, 5) is 1.96. The van der Waals surface area contributed by atoms with E-state index in [1.807, 2.05) is 29.2 Å². The van der Waals surface area contributed by atoms with Crippen LogP contribution in [0.15, 0.2) is 24.3 Å². The standard InChI is InChI=1S/C11H17NO3/c1-13-8-12(9-14-2)10-5-4-6-11(7-10)15-3/h4-7H,8-9H2,1-3H3. The SMILES string of the molecule is COCN(COC)c1cccc(OC)c1. The van der Waals surface area contributed by atoms with Gasteiger partial charge in [0.05, 0.1) is 7.11 Å². The number of methoxy groups -OCH3 is 3. The second kappa shape index (κ2) is 6.27.